The average Bonchev–Trinajstić information content (AvgIpc) is 2.49. The summed E-state index contributed by atoms with van der Waals surface area (Å²) in [7, 11) is 0. The van der Waals surface area contributed by atoms with Crippen LogP contribution in [0.15, 0.2) is 22.7 Å². The Morgan fingerprint density at radius 3 is 2.86 bits per heavy atom. The maximum atomic E-state index is 11.8. The van der Waals surface area contributed by atoms with Crippen molar-refractivity contribution in [3.63, 3.8) is 0 Å². The van der Waals surface area contributed by atoms with E-state index in [2.05, 4.69) is 31.9 Å². The van der Waals surface area contributed by atoms with Crippen molar-refractivity contribution < 1.29 is 14.3 Å². The first-order valence-corrected chi connectivity index (χ1v) is 7.51. The largest absolute Gasteiger partial charge is 0.366 e. The van der Waals surface area contributed by atoms with Crippen molar-refractivity contribution in [2.75, 3.05) is 31.6 Å². The summed E-state index contributed by atoms with van der Waals surface area (Å²) in [6.45, 7) is 3.58. The van der Waals surface area contributed by atoms with Gasteiger partial charge >= 0.3 is 0 Å². The minimum Gasteiger partial charge on any atom is -0.366 e. The molecule has 2 amide bonds. The van der Waals surface area contributed by atoms with Crippen molar-refractivity contribution in [2.45, 2.75) is 13.0 Å². The lowest BCUT2D eigenvalue weighted by atomic mass is 10.2. The van der Waals surface area contributed by atoms with Crippen LogP contribution in [-0.2, 0) is 14.3 Å². The number of hydrogen-bond donors (Lipinski definition) is 3. The topological polar surface area (TPSA) is 79.5 Å². The lowest BCUT2D eigenvalue weighted by molar-refractivity contribution is -0.135. The van der Waals surface area contributed by atoms with Gasteiger partial charge in [-0.25, -0.2) is 0 Å². The Morgan fingerprint density at radius 2 is 2.23 bits per heavy atom. The minimum absolute atomic E-state index is 0. The van der Waals surface area contributed by atoms with Crippen LogP contribution in [0.4, 0.5) is 5.69 Å². The van der Waals surface area contributed by atoms with E-state index in [1.807, 2.05) is 19.1 Å². The summed E-state index contributed by atoms with van der Waals surface area (Å²) in [5, 5.41) is 8.37. The van der Waals surface area contributed by atoms with Gasteiger partial charge in [0.25, 0.3) is 5.91 Å². The number of hydrogen-bond acceptors (Lipinski definition) is 4. The molecule has 0 bridgehead atoms. The number of ether oxygens (including phenoxy) is 1. The van der Waals surface area contributed by atoms with E-state index in [0.717, 1.165) is 16.6 Å². The minimum atomic E-state index is -0.526. The van der Waals surface area contributed by atoms with Crippen molar-refractivity contribution in [1.29, 1.82) is 0 Å². The van der Waals surface area contributed by atoms with E-state index in [4.69, 9.17) is 4.74 Å². The van der Waals surface area contributed by atoms with Crippen molar-refractivity contribution in [2.24, 2.45) is 0 Å². The van der Waals surface area contributed by atoms with Crippen LogP contribution in [-0.4, -0.2) is 44.2 Å². The molecule has 122 valence electrons. The molecule has 0 radical (unpaired) electrons. The highest BCUT2D eigenvalue weighted by Crippen LogP contribution is 2.19. The van der Waals surface area contributed by atoms with Crippen LogP contribution in [0, 0.1) is 6.92 Å². The monoisotopic (exact) mass is 391 g/mol. The summed E-state index contributed by atoms with van der Waals surface area (Å²) in [4.78, 5) is 23.6. The first-order chi connectivity index (χ1) is 10.1. The van der Waals surface area contributed by atoms with E-state index in [0.29, 0.717) is 18.8 Å². The van der Waals surface area contributed by atoms with Gasteiger partial charge in [-0.05, 0) is 30.7 Å². The predicted octanol–water partition coefficient (Wildman–Crippen LogP) is 1.22. The molecule has 0 aliphatic carbocycles. The van der Waals surface area contributed by atoms with Gasteiger partial charge in [-0.3, -0.25) is 9.59 Å². The molecule has 6 nitrogen and oxygen atoms in total. The Morgan fingerprint density at radius 1 is 1.45 bits per heavy atom. The molecule has 1 aromatic rings. The SMILES string of the molecule is Cc1cc(NC(=O)CNC(=O)C2CNCCO2)ccc1Br.Cl. The zero-order valence-electron chi connectivity index (χ0n) is 12.1. The summed E-state index contributed by atoms with van der Waals surface area (Å²) in [5.41, 5.74) is 1.73. The molecule has 8 heteroatoms. The first-order valence-electron chi connectivity index (χ1n) is 6.72. The van der Waals surface area contributed by atoms with E-state index in [1.165, 1.54) is 0 Å². The highest BCUT2D eigenvalue weighted by atomic mass is 79.9. The lowest BCUT2D eigenvalue weighted by Gasteiger charge is -2.22. The van der Waals surface area contributed by atoms with Crippen LogP contribution < -0.4 is 16.0 Å². The van der Waals surface area contributed by atoms with E-state index in [1.54, 1.807) is 6.07 Å². The molecule has 0 aromatic heterocycles. The number of rotatable bonds is 4. The average molecular weight is 393 g/mol. The first kappa shape index (κ1) is 18.9. The molecule has 1 unspecified atom stereocenters. The van der Waals surface area contributed by atoms with E-state index in [-0.39, 0.29) is 30.8 Å². The molecule has 3 N–H and O–H groups in total. The van der Waals surface area contributed by atoms with Gasteiger partial charge in [0.1, 0.15) is 6.10 Å². The third-order valence-corrected chi connectivity index (χ3v) is 3.97. The van der Waals surface area contributed by atoms with Gasteiger partial charge in [-0.15, -0.1) is 12.4 Å². The molecule has 2 rings (SSSR count). The van der Waals surface area contributed by atoms with Crippen LogP contribution in [0.3, 0.4) is 0 Å². The molecule has 1 aliphatic rings. The molecule has 1 heterocycles. The number of anilines is 1. The maximum Gasteiger partial charge on any atom is 0.250 e. The highest BCUT2D eigenvalue weighted by molar-refractivity contribution is 9.10. The quantitative estimate of drug-likeness (QED) is 0.720. The number of amides is 2. The summed E-state index contributed by atoms with van der Waals surface area (Å²) in [5.74, 6) is -0.543. The Hall–Kier alpha value is -1.15. The summed E-state index contributed by atoms with van der Waals surface area (Å²) in [6, 6.07) is 5.52. The number of halogens is 2. The number of morpholine rings is 1. The fraction of sp³-hybridized carbons (Fsp3) is 0.429. The second-order valence-electron chi connectivity index (χ2n) is 4.79. The second kappa shape index (κ2) is 9.09. The fourth-order valence-electron chi connectivity index (χ4n) is 1.94. The predicted molar refractivity (Wildman–Crippen MR) is 90.4 cm³/mol. The van der Waals surface area contributed by atoms with Gasteiger partial charge in [-0.1, -0.05) is 15.9 Å². The Kier molecular flexibility index (Phi) is 7.81. The Balaban J connectivity index is 0.00000242. The third-order valence-electron chi connectivity index (χ3n) is 3.08. The summed E-state index contributed by atoms with van der Waals surface area (Å²) < 4.78 is 6.29. The normalized spacial score (nSPS) is 17.3. The van der Waals surface area contributed by atoms with Crippen molar-refractivity contribution in [3.05, 3.63) is 28.2 Å². The smallest absolute Gasteiger partial charge is 0.250 e. The molecule has 1 fully saturated rings. The standard InChI is InChI=1S/C14H18BrN3O3.ClH/c1-9-6-10(2-3-11(9)15)18-13(19)8-17-14(20)12-7-16-4-5-21-12;/h2-3,6,12,16H,4-5,7-8H2,1H3,(H,17,20)(H,18,19);1H. The van der Waals surface area contributed by atoms with Crippen LogP contribution in [0.25, 0.3) is 0 Å². The third kappa shape index (κ3) is 5.57. The fourth-order valence-corrected chi connectivity index (χ4v) is 2.19. The number of carbonyl (C=O) groups is 2. The lowest BCUT2D eigenvalue weighted by Crippen LogP contribution is -2.49. The van der Waals surface area contributed by atoms with E-state index < -0.39 is 6.10 Å². The van der Waals surface area contributed by atoms with E-state index >= 15 is 0 Å². The van der Waals surface area contributed by atoms with E-state index in [9.17, 15) is 9.59 Å². The number of benzene rings is 1. The molecule has 0 spiro atoms. The molecule has 22 heavy (non-hydrogen) atoms. The van der Waals surface area contributed by atoms with Gasteiger partial charge in [0.05, 0.1) is 13.2 Å². The number of carbonyl (C=O) groups excluding carboxylic acids is 2. The maximum absolute atomic E-state index is 11.8. The molecule has 0 saturated carbocycles. The molecular formula is C14H19BrClN3O3. The van der Waals surface area contributed by atoms with Gasteiger partial charge in [-0.2, -0.15) is 0 Å². The van der Waals surface area contributed by atoms with Crippen molar-refractivity contribution >= 4 is 45.8 Å². The van der Waals surface area contributed by atoms with Crippen LogP contribution in [0.5, 0.6) is 0 Å². The van der Waals surface area contributed by atoms with Crippen molar-refractivity contribution in [1.82, 2.24) is 10.6 Å². The molecule has 1 atom stereocenters. The Labute approximate surface area is 143 Å². The van der Waals surface area contributed by atoms with Gasteiger partial charge in [0, 0.05) is 23.2 Å². The van der Waals surface area contributed by atoms with Gasteiger partial charge in [0.2, 0.25) is 5.91 Å². The highest BCUT2D eigenvalue weighted by Gasteiger charge is 2.21. The van der Waals surface area contributed by atoms with Crippen LogP contribution >= 0.6 is 28.3 Å². The molecular weight excluding hydrogens is 374 g/mol. The van der Waals surface area contributed by atoms with Gasteiger partial charge < -0.3 is 20.7 Å². The van der Waals surface area contributed by atoms with Crippen LogP contribution in [0.2, 0.25) is 0 Å². The summed E-state index contributed by atoms with van der Waals surface area (Å²) in [6.07, 6.45) is -0.526. The second-order valence-corrected chi connectivity index (χ2v) is 5.65. The molecule has 1 aromatic carbocycles. The zero-order chi connectivity index (χ0) is 15.2. The number of aryl methyl sites for hydroxylation is 1. The van der Waals surface area contributed by atoms with Crippen molar-refractivity contribution in [3.8, 4) is 0 Å². The summed E-state index contributed by atoms with van der Waals surface area (Å²) >= 11 is 3.40. The van der Waals surface area contributed by atoms with Crippen LogP contribution in [0.1, 0.15) is 5.56 Å². The Bertz CT molecular complexity index is 536. The zero-order valence-corrected chi connectivity index (χ0v) is 14.6. The molecule has 1 saturated heterocycles. The van der Waals surface area contributed by atoms with Gasteiger partial charge in [0.15, 0.2) is 0 Å². The number of nitrogens with one attached hydrogen (secondary N) is 3. The molecule has 1 aliphatic heterocycles.